The highest BCUT2D eigenvalue weighted by molar-refractivity contribution is 6.17. The van der Waals surface area contributed by atoms with E-state index in [1.807, 2.05) is 24.3 Å². The van der Waals surface area contributed by atoms with Gasteiger partial charge in [-0.15, -0.1) is 11.6 Å². The molecule has 1 aliphatic carbocycles. The minimum atomic E-state index is 0.0241. The molecule has 1 unspecified atom stereocenters. The van der Waals surface area contributed by atoms with E-state index in [9.17, 15) is 4.79 Å². The Bertz CT molecular complexity index is 470. The molecule has 20 heavy (non-hydrogen) atoms. The number of halogens is 1. The predicted octanol–water partition coefficient (Wildman–Crippen LogP) is 2.64. The number of likely N-dealkylation sites (tertiary alicyclic amines) is 1. The van der Waals surface area contributed by atoms with Gasteiger partial charge in [0.05, 0.1) is 0 Å². The quantitative estimate of drug-likeness (QED) is 0.846. The Kier molecular flexibility index (Phi) is 4.27. The summed E-state index contributed by atoms with van der Waals surface area (Å²) in [5.41, 5.74) is 1.76. The van der Waals surface area contributed by atoms with Gasteiger partial charge < -0.3 is 10.2 Å². The molecule has 0 spiro atoms. The average Bonchev–Trinajstić information content (AvgIpc) is 3.24. The number of hydrogen-bond donors (Lipinski definition) is 1. The highest BCUT2D eigenvalue weighted by atomic mass is 35.5. The van der Waals surface area contributed by atoms with Gasteiger partial charge in [-0.2, -0.15) is 0 Å². The zero-order valence-corrected chi connectivity index (χ0v) is 12.4. The molecule has 1 heterocycles. The number of hydrogen-bond acceptors (Lipinski definition) is 2. The molecule has 2 aliphatic rings. The molecular formula is C16H21ClN2O. The fourth-order valence-electron chi connectivity index (χ4n) is 2.88. The van der Waals surface area contributed by atoms with Crippen molar-refractivity contribution in [2.45, 2.75) is 31.2 Å². The van der Waals surface area contributed by atoms with E-state index in [1.165, 1.54) is 25.8 Å². The molecule has 1 N–H and O–H groups in total. The van der Waals surface area contributed by atoms with Gasteiger partial charge in [0.2, 0.25) is 0 Å². The van der Waals surface area contributed by atoms with E-state index in [0.717, 1.165) is 30.3 Å². The summed E-state index contributed by atoms with van der Waals surface area (Å²) in [7, 11) is 0. The Morgan fingerprint density at radius 2 is 2.00 bits per heavy atom. The maximum atomic E-state index is 12.1. The van der Waals surface area contributed by atoms with Gasteiger partial charge in [-0.25, -0.2) is 0 Å². The van der Waals surface area contributed by atoms with E-state index in [2.05, 4.69) is 10.2 Å². The average molecular weight is 293 g/mol. The predicted molar refractivity (Wildman–Crippen MR) is 81.0 cm³/mol. The first kappa shape index (κ1) is 13.9. The molecule has 1 saturated carbocycles. The lowest BCUT2D eigenvalue weighted by Crippen LogP contribution is -2.31. The first-order valence-electron chi connectivity index (χ1n) is 7.43. The van der Waals surface area contributed by atoms with Crippen LogP contribution in [-0.2, 0) is 5.88 Å². The van der Waals surface area contributed by atoms with E-state index in [0.29, 0.717) is 11.8 Å². The molecule has 3 nitrogen and oxygen atoms in total. The number of carbonyl (C=O) groups excluding carboxylic acids is 1. The molecule has 3 rings (SSSR count). The van der Waals surface area contributed by atoms with Gasteiger partial charge in [0.15, 0.2) is 0 Å². The van der Waals surface area contributed by atoms with Crippen molar-refractivity contribution in [3.63, 3.8) is 0 Å². The Morgan fingerprint density at radius 3 is 2.65 bits per heavy atom. The molecule has 1 saturated heterocycles. The Labute approximate surface area is 125 Å². The van der Waals surface area contributed by atoms with Gasteiger partial charge in [0.1, 0.15) is 0 Å². The van der Waals surface area contributed by atoms with Crippen molar-refractivity contribution in [1.82, 2.24) is 10.2 Å². The van der Waals surface area contributed by atoms with E-state index < -0.39 is 0 Å². The fraction of sp³-hybridized carbons (Fsp3) is 0.562. The molecule has 0 bridgehead atoms. The van der Waals surface area contributed by atoms with Crippen LogP contribution in [0.2, 0.25) is 0 Å². The van der Waals surface area contributed by atoms with Crippen molar-refractivity contribution < 1.29 is 4.79 Å². The molecule has 1 aliphatic heterocycles. The molecule has 1 amide bonds. The fourth-order valence-corrected chi connectivity index (χ4v) is 3.06. The zero-order valence-electron chi connectivity index (χ0n) is 11.6. The van der Waals surface area contributed by atoms with Crippen LogP contribution in [0.3, 0.4) is 0 Å². The standard InChI is InChI=1S/C16H21ClN2O/c17-9-12-1-3-14(4-2-12)16(20)18-10-13-7-8-19(11-13)15-5-6-15/h1-4,13,15H,5-11H2,(H,18,20). The third kappa shape index (κ3) is 3.33. The topological polar surface area (TPSA) is 32.3 Å². The molecule has 1 aromatic carbocycles. The number of alkyl halides is 1. The number of nitrogens with one attached hydrogen (secondary N) is 1. The van der Waals surface area contributed by atoms with Gasteiger partial charge in [0.25, 0.3) is 5.91 Å². The van der Waals surface area contributed by atoms with Crippen molar-refractivity contribution in [3.8, 4) is 0 Å². The summed E-state index contributed by atoms with van der Waals surface area (Å²) in [5, 5.41) is 3.06. The van der Waals surface area contributed by atoms with Crippen LogP contribution in [0.4, 0.5) is 0 Å². The van der Waals surface area contributed by atoms with Crippen molar-refractivity contribution in [1.29, 1.82) is 0 Å². The van der Waals surface area contributed by atoms with Crippen LogP contribution in [0.25, 0.3) is 0 Å². The second kappa shape index (κ2) is 6.15. The van der Waals surface area contributed by atoms with Crippen molar-refractivity contribution >= 4 is 17.5 Å². The normalized spacial score (nSPS) is 22.9. The number of benzene rings is 1. The Balaban J connectivity index is 1.46. The maximum absolute atomic E-state index is 12.1. The monoisotopic (exact) mass is 292 g/mol. The molecule has 1 aromatic rings. The van der Waals surface area contributed by atoms with Crippen LogP contribution in [-0.4, -0.2) is 36.5 Å². The number of rotatable bonds is 5. The van der Waals surface area contributed by atoms with Gasteiger partial charge in [-0.1, -0.05) is 12.1 Å². The van der Waals surface area contributed by atoms with Crippen molar-refractivity contribution in [2.24, 2.45) is 5.92 Å². The molecule has 1 atom stereocenters. The van der Waals surface area contributed by atoms with Crippen LogP contribution in [0.5, 0.6) is 0 Å². The van der Waals surface area contributed by atoms with Crippen LogP contribution in [0.15, 0.2) is 24.3 Å². The number of nitrogens with zero attached hydrogens (tertiary/aromatic N) is 1. The number of carbonyl (C=O) groups is 1. The molecular weight excluding hydrogens is 272 g/mol. The summed E-state index contributed by atoms with van der Waals surface area (Å²) >= 11 is 5.75. The van der Waals surface area contributed by atoms with Gasteiger partial charge in [-0.05, 0) is 49.4 Å². The molecule has 4 heteroatoms. The van der Waals surface area contributed by atoms with Gasteiger partial charge in [-0.3, -0.25) is 4.79 Å². The minimum Gasteiger partial charge on any atom is -0.352 e. The Morgan fingerprint density at radius 1 is 1.25 bits per heavy atom. The lowest BCUT2D eigenvalue weighted by Gasteiger charge is -2.15. The van der Waals surface area contributed by atoms with E-state index in [4.69, 9.17) is 11.6 Å². The largest absolute Gasteiger partial charge is 0.352 e. The van der Waals surface area contributed by atoms with Crippen LogP contribution < -0.4 is 5.32 Å². The molecule has 0 radical (unpaired) electrons. The summed E-state index contributed by atoms with van der Waals surface area (Å²) in [6.45, 7) is 3.14. The second-order valence-corrected chi connectivity index (χ2v) is 6.19. The van der Waals surface area contributed by atoms with Gasteiger partial charge in [0, 0.05) is 30.6 Å². The van der Waals surface area contributed by atoms with Crippen LogP contribution >= 0.6 is 11.6 Å². The summed E-state index contributed by atoms with van der Waals surface area (Å²) in [6.07, 6.45) is 3.94. The summed E-state index contributed by atoms with van der Waals surface area (Å²) in [5.74, 6) is 1.12. The third-order valence-corrected chi connectivity index (χ3v) is 4.61. The first-order valence-corrected chi connectivity index (χ1v) is 7.97. The SMILES string of the molecule is O=C(NCC1CCN(C2CC2)C1)c1ccc(CCl)cc1. The molecule has 2 fully saturated rings. The van der Waals surface area contributed by atoms with Crippen molar-refractivity contribution in [2.75, 3.05) is 19.6 Å². The van der Waals surface area contributed by atoms with Crippen LogP contribution in [0, 0.1) is 5.92 Å². The lowest BCUT2D eigenvalue weighted by molar-refractivity contribution is 0.0947. The van der Waals surface area contributed by atoms with Gasteiger partial charge >= 0.3 is 0 Å². The zero-order chi connectivity index (χ0) is 13.9. The lowest BCUT2D eigenvalue weighted by atomic mass is 10.1. The van der Waals surface area contributed by atoms with Crippen molar-refractivity contribution in [3.05, 3.63) is 35.4 Å². The van der Waals surface area contributed by atoms with Crippen LogP contribution in [0.1, 0.15) is 35.2 Å². The molecule has 108 valence electrons. The number of amides is 1. The molecule has 0 aromatic heterocycles. The second-order valence-electron chi connectivity index (χ2n) is 5.92. The first-order chi connectivity index (χ1) is 9.76. The van der Waals surface area contributed by atoms with E-state index >= 15 is 0 Å². The highest BCUT2D eigenvalue weighted by Gasteiger charge is 2.34. The van der Waals surface area contributed by atoms with E-state index in [-0.39, 0.29) is 5.91 Å². The summed E-state index contributed by atoms with van der Waals surface area (Å²) in [6, 6.07) is 8.36. The Hall–Kier alpha value is -1.06. The third-order valence-electron chi connectivity index (χ3n) is 4.30. The summed E-state index contributed by atoms with van der Waals surface area (Å²) < 4.78 is 0. The van der Waals surface area contributed by atoms with E-state index in [1.54, 1.807) is 0 Å². The minimum absolute atomic E-state index is 0.0241. The highest BCUT2D eigenvalue weighted by Crippen LogP contribution is 2.31. The smallest absolute Gasteiger partial charge is 0.251 e. The maximum Gasteiger partial charge on any atom is 0.251 e. The summed E-state index contributed by atoms with van der Waals surface area (Å²) in [4.78, 5) is 14.6.